The number of carbonyl (C=O) groups is 1. The van der Waals surface area contributed by atoms with Crippen molar-refractivity contribution in [3.63, 3.8) is 0 Å². The second-order valence-electron chi connectivity index (χ2n) is 6.46. The number of hydrogen-bond acceptors (Lipinski definition) is 5. The summed E-state index contributed by atoms with van der Waals surface area (Å²) in [6.07, 6.45) is 2.99. The largest absolute Gasteiger partial charge is 0.464 e. The van der Waals surface area contributed by atoms with Gasteiger partial charge < -0.3 is 9.64 Å². The molecule has 2 aliphatic rings. The van der Waals surface area contributed by atoms with Crippen LogP contribution in [-0.4, -0.2) is 41.3 Å². The number of halogens is 2. The van der Waals surface area contributed by atoms with Crippen molar-refractivity contribution in [2.45, 2.75) is 31.0 Å². The Hall–Kier alpha value is -2.57. The average molecular weight is 345 g/mol. The van der Waals surface area contributed by atoms with Gasteiger partial charge in [-0.15, -0.1) is 0 Å². The van der Waals surface area contributed by atoms with Crippen molar-refractivity contribution in [2.75, 3.05) is 18.6 Å². The summed E-state index contributed by atoms with van der Waals surface area (Å²) in [6, 6.07) is 5.78. The van der Waals surface area contributed by atoms with Crippen LogP contribution < -0.4 is 4.90 Å². The molecule has 1 atom stereocenters. The van der Waals surface area contributed by atoms with E-state index in [1.807, 2.05) is 4.90 Å². The minimum absolute atomic E-state index is 0.0607. The summed E-state index contributed by atoms with van der Waals surface area (Å²) in [7, 11) is 1.27. The van der Waals surface area contributed by atoms with E-state index in [0.717, 1.165) is 19.3 Å². The fraction of sp³-hybridized carbons (Fsp3) is 0.389. The Balaban J connectivity index is 1.80. The first-order valence-electron chi connectivity index (χ1n) is 8.18. The van der Waals surface area contributed by atoms with Crippen molar-refractivity contribution in [2.24, 2.45) is 0 Å². The van der Waals surface area contributed by atoms with E-state index in [2.05, 4.69) is 9.97 Å². The molecule has 2 aromatic rings. The second kappa shape index (κ2) is 5.75. The smallest absolute Gasteiger partial charge is 0.358 e. The Morgan fingerprint density at radius 1 is 1.32 bits per heavy atom. The zero-order chi connectivity index (χ0) is 17.6. The SMILES string of the molecule is COC(=O)c1cnc(N2CC(F)C23CCC3)c(-c2ccc(F)cc2)n1. The van der Waals surface area contributed by atoms with Crippen LogP contribution in [0.15, 0.2) is 30.5 Å². The maximum atomic E-state index is 14.2. The minimum Gasteiger partial charge on any atom is -0.464 e. The maximum absolute atomic E-state index is 14.2. The zero-order valence-corrected chi connectivity index (χ0v) is 13.7. The van der Waals surface area contributed by atoms with Gasteiger partial charge in [0.15, 0.2) is 11.5 Å². The van der Waals surface area contributed by atoms with E-state index < -0.39 is 17.7 Å². The topological polar surface area (TPSA) is 55.3 Å². The van der Waals surface area contributed by atoms with Crippen molar-refractivity contribution in [3.8, 4) is 11.3 Å². The Morgan fingerprint density at radius 3 is 2.60 bits per heavy atom. The van der Waals surface area contributed by atoms with Crippen LogP contribution in [0, 0.1) is 5.82 Å². The van der Waals surface area contributed by atoms with Crippen LogP contribution in [0.4, 0.5) is 14.6 Å². The number of carbonyl (C=O) groups excluding carboxylic acids is 1. The van der Waals surface area contributed by atoms with Crippen LogP contribution in [0.5, 0.6) is 0 Å². The van der Waals surface area contributed by atoms with E-state index in [1.165, 1.54) is 25.4 Å². The number of methoxy groups -OCH3 is 1. The Morgan fingerprint density at radius 2 is 2.04 bits per heavy atom. The Bertz CT molecular complexity index is 822. The molecular weight excluding hydrogens is 328 g/mol. The van der Waals surface area contributed by atoms with Crippen LogP contribution in [0.25, 0.3) is 11.3 Å². The first-order valence-corrected chi connectivity index (χ1v) is 8.18. The molecule has 1 saturated carbocycles. The summed E-state index contributed by atoms with van der Waals surface area (Å²) >= 11 is 0. The van der Waals surface area contributed by atoms with Gasteiger partial charge in [0.05, 0.1) is 25.4 Å². The van der Waals surface area contributed by atoms with Gasteiger partial charge in [0.25, 0.3) is 0 Å². The van der Waals surface area contributed by atoms with Crippen LogP contribution in [0.3, 0.4) is 0 Å². The van der Waals surface area contributed by atoms with Gasteiger partial charge in [0.1, 0.15) is 17.7 Å². The fourth-order valence-electron chi connectivity index (χ4n) is 3.57. The molecule has 0 N–H and O–H groups in total. The number of nitrogens with zero attached hydrogens (tertiary/aromatic N) is 3. The third-order valence-electron chi connectivity index (χ3n) is 5.20. The lowest BCUT2D eigenvalue weighted by Gasteiger charge is -2.61. The van der Waals surface area contributed by atoms with Crippen molar-refractivity contribution in [1.29, 1.82) is 0 Å². The summed E-state index contributed by atoms with van der Waals surface area (Å²) in [5.41, 5.74) is 0.606. The quantitative estimate of drug-likeness (QED) is 0.800. The fourth-order valence-corrected chi connectivity index (χ4v) is 3.57. The van der Waals surface area contributed by atoms with Gasteiger partial charge in [-0.05, 0) is 43.5 Å². The monoisotopic (exact) mass is 345 g/mol. The van der Waals surface area contributed by atoms with Gasteiger partial charge in [-0.2, -0.15) is 0 Å². The third kappa shape index (κ3) is 2.37. The molecule has 0 amide bonds. The normalized spacial score (nSPS) is 20.8. The molecular formula is C18H17F2N3O2. The molecule has 2 heterocycles. The summed E-state index contributed by atoms with van der Waals surface area (Å²) in [6.45, 7) is 0.250. The number of anilines is 1. The molecule has 1 aromatic carbocycles. The number of hydrogen-bond donors (Lipinski definition) is 0. The summed E-state index contributed by atoms with van der Waals surface area (Å²) in [5.74, 6) is -0.453. The van der Waals surface area contributed by atoms with Crippen molar-refractivity contribution >= 4 is 11.8 Å². The predicted molar refractivity (Wildman–Crippen MR) is 87.6 cm³/mol. The van der Waals surface area contributed by atoms with Crippen molar-refractivity contribution in [3.05, 3.63) is 42.0 Å². The van der Waals surface area contributed by atoms with Gasteiger partial charge in [-0.25, -0.2) is 23.5 Å². The van der Waals surface area contributed by atoms with Crippen LogP contribution in [-0.2, 0) is 4.74 Å². The molecule has 0 radical (unpaired) electrons. The minimum atomic E-state index is -0.885. The first-order chi connectivity index (χ1) is 12.0. The highest BCUT2D eigenvalue weighted by molar-refractivity contribution is 5.88. The summed E-state index contributed by atoms with van der Waals surface area (Å²) in [4.78, 5) is 22.5. The lowest BCUT2D eigenvalue weighted by molar-refractivity contribution is 0.0333. The molecule has 1 saturated heterocycles. The van der Waals surface area contributed by atoms with Crippen molar-refractivity contribution in [1.82, 2.24) is 9.97 Å². The molecule has 1 spiro atoms. The van der Waals surface area contributed by atoms with E-state index in [1.54, 1.807) is 12.1 Å². The van der Waals surface area contributed by atoms with E-state index in [4.69, 9.17) is 4.74 Å². The molecule has 1 aliphatic carbocycles. The highest BCUT2D eigenvalue weighted by atomic mass is 19.1. The molecule has 0 bridgehead atoms. The number of esters is 1. The van der Waals surface area contributed by atoms with Gasteiger partial charge in [0.2, 0.25) is 0 Å². The summed E-state index contributed by atoms with van der Waals surface area (Å²) < 4.78 is 32.2. The van der Waals surface area contributed by atoms with Gasteiger partial charge >= 0.3 is 5.97 Å². The highest BCUT2D eigenvalue weighted by Gasteiger charge is 2.58. The molecule has 1 aromatic heterocycles. The van der Waals surface area contributed by atoms with Crippen LogP contribution in [0.2, 0.25) is 0 Å². The van der Waals surface area contributed by atoms with Gasteiger partial charge in [-0.1, -0.05) is 0 Å². The zero-order valence-electron chi connectivity index (χ0n) is 13.7. The van der Waals surface area contributed by atoms with E-state index in [-0.39, 0.29) is 18.1 Å². The molecule has 7 heteroatoms. The number of rotatable bonds is 3. The molecule has 4 rings (SSSR count). The highest BCUT2D eigenvalue weighted by Crippen LogP contribution is 2.51. The molecule has 130 valence electrons. The van der Waals surface area contributed by atoms with E-state index >= 15 is 0 Å². The predicted octanol–water partition coefficient (Wildman–Crippen LogP) is 3.15. The average Bonchev–Trinajstić information content (AvgIpc) is 2.58. The lowest BCUT2D eigenvalue weighted by atomic mass is 9.66. The first kappa shape index (κ1) is 15.9. The molecule has 2 fully saturated rings. The van der Waals surface area contributed by atoms with Crippen LogP contribution >= 0.6 is 0 Å². The van der Waals surface area contributed by atoms with Crippen LogP contribution in [0.1, 0.15) is 29.8 Å². The Kier molecular flexibility index (Phi) is 3.67. The number of ether oxygens (including phenoxy) is 1. The number of benzene rings is 1. The standard InChI is InChI=1S/C18H17F2N3O2/c1-25-17(24)13-9-21-16(23-10-14(20)18(23)7-2-8-18)15(22-13)11-3-5-12(19)6-4-11/h3-6,9,14H,2,7-8,10H2,1H3. The molecule has 1 aliphatic heterocycles. The van der Waals surface area contributed by atoms with Gasteiger partial charge in [-0.3, -0.25) is 0 Å². The number of aromatic nitrogens is 2. The molecule has 25 heavy (non-hydrogen) atoms. The molecule has 1 unspecified atom stereocenters. The maximum Gasteiger partial charge on any atom is 0.358 e. The lowest BCUT2D eigenvalue weighted by Crippen LogP contribution is -2.73. The number of alkyl halides is 1. The van der Waals surface area contributed by atoms with Gasteiger partial charge in [0, 0.05) is 5.56 Å². The second-order valence-corrected chi connectivity index (χ2v) is 6.46. The van der Waals surface area contributed by atoms with E-state index in [9.17, 15) is 13.6 Å². The summed E-state index contributed by atoms with van der Waals surface area (Å²) in [5, 5.41) is 0. The Labute approximate surface area is 143 Å². The van der Waals surface area contributed by atoms with Crippen molar-refractivity contribution < 1.29 is 18.3 Å². The third-order valence-corrected chi connectivity index (χ3v) is 5.20. The van der Waals surface area contributed by atoms with E-state index in [0.29, 0.717) is 17.1 Å². The molecule has 5 nitrogen and oxygen atoms in total.